The van der Waals surface area contributed by atoms with Crippen molar-refractivity contribution in [3.05, 3.63) is 22.0 Å². The van der Waals surface area contributed by atoms with Crippen LogP contribution in [0.2, 0.25) is 0 Å². The Morgan fingerprint density at radius 1 is 1.44 bits per heavy atom. The van der Waals surface area contributed by atoms with Crippen LogP contribution in [-0.4, -0.2) is 16.5 Å². The molecule has 0 radical (unpaired) electrons. The highest BCUT2D eigenvalue weighted by atomic mass is 32.1. The molecule has 0 saturated carbocycles. The van der Waals surface area contributed by atoms with Crippen molar-refractivity contribution < 1.29 is 0 Å². The van der Waals surface area contributed by atoms with Crippen LogP contribution in [0.3, 0.4) is 0 Å². The lowest BCUT2D eigenvalue weighted by molar-refractivity contribution is 0.610. The molecular weight excluding hydrogens is 238 g/mol. The lowest BCUT2D eigenvalue weighted by atomic mass is 10.0. The van der Waals surface area contributed by atoms with E-state index in [0.29, 0.717) is 12.5 Å². The summed E-state index contributed by atoms with van der Waals surface area (Å²) in [6.45, 7) is 2.85. The van der Waals surface area contributed by atoms with Gasteiger partial charge in [0.25, 0.3) is 0 Å². The first kappa shape index (κ1) is 11.7. The maximum absolute atomic E-state index is 5.77. The second-order valence-electron chi connectivity index (χ2n) is 3.67. The summed E-state index contributed by atoms with van der Waals surface area (Å²) in [6, 6.07) is 0. The normalized spacial score (nSPS) is 12.9. The van der Waals surface area contributed by atoms with Crippen molar-refractivity contribution in [1.29, 1.82) is 0 Å². The zero-order valence-corrected chi connectivity index (χ0v) is 10.9. The molecule has 86 valence electrons. The summed E-state index contributed by atoms with van der Waals surface area (Å²) < 4.78 is 0. The average Bonchev–Trinajstić information content (AvgIpc) is 2.95. The molecule has 0 spiro atoms. The Bertz CT molecular complexity index is 422. The van der Waals surface area contributed by atoms with Gasteiger partial charge in [-0.15, -0.1) is 22.7 Å². The van der Waals surface area contributed by atoms with Crippen molar-refractivity contribution in [2.45, 2.75) is 25.7 Å². The van der Waals surface area contributed by atoms with Crippen molar-refractivity contribution >= 4 is 22.7 Å². The van der Waals surface area contributed by atoms with Crippen LogP contribution in [0.5, 0.6) is 0 Å². The number of rotatable bonds is 5. The number of aromatic nitrogens is 2. The van der Waals surface area contributed by atoms with Gasteiger partial charge in [-0.1, -0.05) is 13.3 Å². The van der Waals surface area contributed by atoms with Crippen LogP contribution in [-0.2, 0) is 0 Å². The van der Waals surface area contributed by atoms with Gasteiger partial charge in [0, 0.05) is 23.2 Å². The summed E-state index contributed by atoms with van der Waals surface area (Å²) in [5, 5.41) is 5.15. The van der Waals surface area contributed by atoms with E-state index >= 15 is 0 Å². The summed E-state index contributed by atoms with van der Waals surface area (Å²) in [5.41, 5.74) is 9.71. The highest BCUT2D eigenvalue weighted by molar-refractivity contribution is 7.13. The maximum Gasteiger partial charge on any atom is 0.142 e. The number of nitrogens with two attached hydrogens (primary N) is 1. The fourth-order valence-corrected chi connectivity index (χ4v) is 3.12. The van der Waals surface area contributed by atoms with E-state index in [9.17, 15) is 0 Å². The van der Waals surface area contributed by atoms with Crippen molar-refractivity contribution in [2.24, 2.45) is 5.73 Å². The van der Waals surface area contributed by atoms with Crippen LogP contribution >= 0.6 is 22.7 Å². The molecule has 0 saturated heterocycles. The van der Waals surface area contributed by atoms with Crippen molar-refractivity contribution in [2.75, 3.05) is 6.54 Å². The molecule has 16 heavy (non-hydrogen) atoms. The fraction of sp³-hybridized carbons (Fsp3) is 0.455. The van der Waals surface area contributed by atoms with Gasteiger partial charge < -0.3 is 5.73 Å². The summed E-state index contributed by atoms with van der Waals surface area (Å²) in [5.74, 6) is 0.397. The van der Waals surface area contributed by atoms with Crippen molar-refractivity contribution in [1.82, 2.24) is 9.97 Å². The van der Waals surface area contributed by atoms with Gasteiger partial charge in [-0.05, 0) is 6.42 Å². The van der Waals surface area contributed by atoms with Gasteiger partial charge in [-0.3, -0.25) is 0 Å². The molecule has 0 bridgehead atoms. The van der Waals surface area contributed by atoms with Crippen LogP contribution in [0.15, 0.2) is 16.3 Å². The highest BCUT2D eigenvalue weighted by Gasteiger charge is 2.14. The molecular formula is C11H15N3S2. The second-order valence-corrected chi connectivity index (χ2v) is 5.25. The SMILES string of the molecule is CCCC(CN)c1csc(-c2cscn2)n1. The zero-order chi connectivity index (χ0) is 11.4. The fourth-order valence-electron chi connectivity index (χ4n) is 1.64. The Labute approximate surface area is 103 Å². The smallest absolute Gasteiger partial charge is 0.142 e. The Kier molecular flexibility index (Phi) is 4.04. The Hall–Kier alpha value is -0.780. The number of hydrogen-bond donors (Lipinski definition) is 1. The number of nitrogens with zero attached hydrogens (tertiary/aromatic N) is 2. The molecule has 0 aliphatic heterocycles. The Morgan fingerprint density at radius 2 is 2.31 bits per heavy atom. The minimum atomic E-state index is 0.397. The third kappa shape index (κ3) is 2.48. The largest absolute Gasteiger partial charge is 0.330 e. The third-order valence-electron chi connectivity index (χ3n) is 2.51. The molecule has 0 fully saturated rings. The van der Waals surface area contributed by atoms with Crippen LogP contribution in [0.25, 0.3) is 10.7 Å². The Morgan fingerprint density at radius 3 is 2.94 bits per heavy atom. The Balaban J connectivity index is 2.18. The molecule has 2 rings (SSSR count). The first-order chi connectivity index (χ1) is 7.85. The van der Waals surface area contributed by atoms with Crippen LogP contribution < -0.4 is 5.73 Å². The van der Waals surface area contributed by atoms with E-state index in [1.54, 1.807) is 22.7 Å². The maximum atomic E-state index is 5.77. The first-order valence-electron chi connectivity index (χ1n) is 5.39. The summed E-state index contributed by atoms with van der Waals surface area (Å²) in [4.78, 5) is 8.89. The monoisotopic (exact) mass is 253 g/mol. The average molecular weight is 253 g/mol. The second kappa shape index (κ2) is 5.52. The van der Waals surface area contributed by atoms with Crippen LogP contribution in [0, 0.1) is 0 Å². The molecule has 0 aliphatic rings. The molecule has 0 amide bonds. The number of thiazole rings is 2. The van der Waals surface area contributed by atoms with Gasteiger partial charge in [-0.25, -0.2) is 9.97 Å². The standard InChI is InChI=1S/C11H15N3S2/c1-2-3-8(4-12)9-6-16-11(14-9)10-5-15-7-13-10/h5-8H,2-4,12H2,1H3. The van der Waals surface area contributed by atoms with Gasteiger partial charge in [-0.2, -0.15) is 0 Å². The molecule has 2 heterocycles. The van der Waals surface area contributed by atoms with E-state index in [1.165, 1.54) is 0 Å². The van der Waals surface area contributed by atoms with E-state index in [4.69, 9.17) is 5.73 Å². The zero-order valence-electron chi connectivity index (χ0n) is 9.22. The highest BCUT2D eigenvalue weighted by Crippen LogP contribution is 2.28. The lowest BCUT2D eigenvalue weighted by Gasteiger charge is -2.09. The van der Waals surface area contributed by atoms with E-state index < -0.39 is 0 Å². The predicted octanol–water partition coefficient (Wildman–Crippen LogP) is 3.11. The van der Waals surface area contributed by atoms with Crippen LogP contribution in [0.4, 0.5) is 0 Å². The molecule has 1 atom stereocenters. The van der Waals surface area contributed by atoms with Gasteiger partial charge in [0.05, 0.1) is 11.2 Å². The quantitative estimate of drug-likeness (QED) is 0.890. The summed E-state index contributed by atoms with van der Waals surface area (Å²) in [6.07, 6.45) is 2.25. The molecule has 2 N–H and O–H groups in total. The molecule has 0 aliphatic carbocycles. The third-order valence-corrected chi connectivity index (χ3v) is 3.98. The summed E-state index contributed by atoms with van der Waals surface area (Å²) in [7, 11) is 0. The lowest BCUT2D eigenvalue weighted by Crippen LogP contribution is -2.12. The molecule has 2 aromatic heterocycles. The molecule has 1 unspecified atom stereocenters. The first-order valence-corrected chi connectivity index (χ1v) is 7.21. The predicted molar refractivity (Wildman–Crippen MR) is 69.9 cm³/mol. The molecule has 2 aromatic rings. The van der Waals surface area contributed by atoms with Gasteiger partial charge in [0.15, 0.2) is 0 Å². The van der Waals surface area contributed by atoms with Gasteiger partial charge >= 0.3 is 0 Å². The molecule has 3 nitrogen and oxygen atoms in total. The van der Waals surface area contributed by atoms with Gasteiger partial charge in [0.1, 0.15) is 10.7 Å². The van der Waals surface area contributed by atoms with Crippen LogP contribution in [0.1, 0.15) is 31.4 Å². The van der Waals surface area contributed by atoms with E-state index in [2.05, 4.69) is 22.3 Å². The molecule has 5 heteroatoms. The van der Waals surface area contributed by atoms with E-state index in [-0.39, 0.29) is 0 Å². The van der Waals surface area contributed by atoms with Gasteiger partial charge in [0.2, 0.25) is 0 Å². The number of hydrogen-bond acceptors (Lipinski definition) is 5. The van der Waals surface area contributed by atoms with E-state index in [1.807, 2.05) is 10.9 Å². The minimum absolute atomic E-state index is 0.397. The van der Waals surface area contributed by atoms with Crippen molar-refractivity contribution in [3.63, 3.8) is 0 Å². The summed E-state index contributed by atoms with van der Waals surface area (Å²) >= 11 is 3.25. The minimum Gasteiger partial charge on any atom is -0.330 e. The van der Waals surface area contributed by atoms with E-state index in [0.717, 1.165) is 29.2 Å². The molecule has 0 aromatic carbocycles. The van der Waals surface area contributed by atoms with Crippen molar-refractivity contribution in [3.8, 4) is 10.7 Å². The topological polar surface area (TPSA) is 51.8 Å².